The van der Waals surface area contributed by atoms with Crippen LogP contribution in [-0.4, -0.2) is 3.21 Å². The molecule has 0 nitrogen and oxygen atoms in total. The number of allylic oxidation sites excluding steroid dienone is 4. The van der Waals surface area contributed by atoms with Crippen LogP contribution in [0, 0.1) is 6.08 Å². The summed E-state index contributed by atoms with van der Waals surface area (Å²) in [4.78, 5) is 0. The van der Waals surface area contributed by atoms with Gasteiger partial charge in [-0.1, -0.05) is 114 Å². The minimum atomic E-state index is 0. The average Bonchev–Trinajstić information content (AvgIpc) is 3.97. The molecule has 308 valence electrons. The molecule has 1 aliphatic rings. The molecular formula is C59H54Cl2Zr. The van der Waals surface area contributed by atoms with Gasteiger partial charge in [0.25, 0.3) is 0 Å². The van der Waals surface area contributed by atoms with Crippen LogP contribution in [0.15, 0.2) is 194 Å². The molecule has 10 rings (SSSR count). The summed E-state index contributed by atoms with van der Waals surface area (Å²) in [6.07, 6.45) is 10.0. The van der Waals surface area contributed by atoms with E-state index >= 15 is 0 Å². The summed E-state index contributed by atoms with van der Waals surface area (Å²) in [6, 6.07) is 64.2. The SMILES string of the molecule is CC(C)(C)c1cc2c(cc1-c1ccccc1)[cH-]c1cc(-c3ccccc3)c(C(C)(C)C)cc12.Cl.Cl.[C-]1=CC=CC1.[Zr+2]=[C](c1cccc2ccccc12)c1cccc2ccccc12. The first-order valence-corrected chi connectivity index (χ1v) is 22.3. The maximum atomic E-state index is 2.99. The molecule has 0 unspecified atom stereocenters. The second kappa shape index (κ2) is 20.0. The third kappa shape index (κ3) is 10.1. The topological polar surface area (TPSA) is 0 Å². The molecule has 0 amide bonds. The van der Waals surface area contributed by atoms with Crippen LogP contribution in [0.3, 0.4) is 0 Å². The van der Waals surface area contributed by atoms with E-state index in [1.165, 1.54) is 115 Å². The van der Waals surface area contributed by atoms with Crippen molar-refractivity contribution >= 4 is 71.1 Å². The molecule has 0 radical (unpaired) electrons. The molecule has 9 aromatic rings. The first-order valence-electron chi connectivity index (χ1n) is 21.1. The number of benzene rings is 8. The van der Waals surface area contributed by atoms with Crippen LogP contribution in [0.2, 0.25) is 0 Å². The Morgan fingerprint density at radius 2 is 0.887 bits per heavy atom. The summed E-state index contributed by atoms with van der Waals surface area (Å²) in [5.74, 6) is 0. The Labute approximate surface area is 395 Å². The second-order valence-corrected chi connectivity index (χ2v) is 19.0. The Morgan fingerprint density at radius 3 is 1.26 bits per heavy atom. The quantitative estimate of drug-likeness (QED) is 0.154. The first-order chi connectivity index (χ1) is 29.0. The molecule has 0 bridgehead atoms. The van der Waals surface area contributed by atoms with Gasteiger partial charge in [0.2, 0.25) is 0 Å². The van der Waals surface area contributed by atoms with Crippen LogP contribution in [0.4, 0.5) is 0 Å². The van der Waals surface area contributed by atoms with Crippen LogP contribution < -0.4 is 0 Å². The van der Waals surface area contributed by atoms with Gasteiger partial charge in [0.15, 0.2) is 0 Å². The molecular weight excluding hydrogens is 871 g/mol. The van der Waals surface area contributed by atoms with Gasteiger partial charge in [0.1, 0.15) is 0 Å². The third-order valence-electron chi connectivity index (χ3n) is 11.5. The van der Waals surface area contributed by atoms with E-state index in [-0.39, 0.29) is 35.6 Å². The monoisotopic (exact) mass is 922 g/mol. The van der Waals surface area contributed by atoms with Gasteiger partial charge in [0.05, 0.1) is 0 Å². The molecule has 0 fully saturated rings. The molecule has 0 atom stereocenters. The zero-order valence-corrected chi connectivity index (χ0v) is 40.6. The number of rotatable bonds is 4. The van der Waals surface area contributed by atoms with E-state index < -0.39 is 0 Å². The fourth-order valence-corrected chi connectivity index (χ4v) is 9.50. The molecule has 1 aliphatic carbocycles. The van der Waals surface area contributed by atoms with E-state index in [2.05, 4.69) is 230 Å². The van der Waals surface area contributed by atoms with Crippen LogP contribution >= 0.6 is 24.8 Å². The second-order valence-electron chi connectivity index (χ2n) is 17.8. The zero-order valence-electron chi connectivity index (χ0n) is 36.5. The van der Waals surface area contributed by atoms with Crippen molar-refractivity contribution < 1.29 is 24.2 Å². The summed E-state index contributed by atoms with van der Waals surface area (Å²) >= 11 is 1.44. The molecule has 9 aromatic carbocycles. The van der Waals surface area contributed by atoms with E-state index in [0.717, 1.165) is 6.42 Å². The number of hydrogen-bond acceptors (Lipinski definition) is 0. The van der Waals surface area contributed by atoms with Crippen LogP contribution in [0.1, 0.15) is 70.2 Å². The molecule has 0 N–H and O–H groups in total. The van der Waals surface area contributed by atoms with Crippen LogP contribution in [-0.2, 0) is 35.1 Å². The van der Waals surface area contributed by atoms with Gasteiger partial charge >= 0.3 is 145 Å². The Balaban J connectivity index is 0.000000190. The van der Waals surface area contributed by atoms with E-state index in [1.807, 2.05) is 12.2 Å². The van der Waals surface area contributed by atoms with E-state index in [4.69, 9.17) is 0 Å². The molecule has 0 heterocycles. The fraction of sp³-hybridized carbons (Fsp3) is 0.153. The van der Waals surface area contributed by atoms with Crippen molar-refractivity contribution in [2.24, 2.45) is 0 Å². The van der Waals surface area contributed by atoms with Gasteiger partial charge in [-0.25, -0.2) is 12.2 Å². The van der Waals surface area contributed by atoms with Gasteiger partial charge in [-0.05, 0) is 44.2 Å². The standard InChI is InChI=1S/C33H33.C21H14.C5H5.2ClH.Zr/c1-32(2,3)30-20-26-24(18-28(30)22-13-9-7-10-14-22)17-25-19-29(23-15-11-8-12-16-23)31(21-27(25)26)33(4,5)6;1-3-13-20-16(7-1)9-5-11-18(20)15-19-12-6-10-17-8-2-4-14-21(17)19;1-2-4-5-3-1;;;/h7-21H,1-6H3;1-14H;1-3H,4H2;2*1H;/q-1;;-1;;;+2. The molecule has 0 aliphatic heterocycles. The third-order valence-corrected chi connectivity index (χ3v) is 12.8. The Bertz CT molecular complexity index is 2810. The first kappa shape index (κ1) is 46.5. The molecule has 0 saturated heterocycles. The minimum absolute atomic E-state index is 0. The van der Waals surface area contributed by atoms with Gasteiger partial charge in [-0.15, -0.1) is 71.0 Å². The van der Waals surface area contributed by atoms with E-state index in [9.17, 15) is 0 Å². The molecule has 62 heavy (non-hydrogen) atoms. The summed E-state index contributed by atoms with van der Waals surface area (Å²) in [5.41, 5.74) is 10.9. The summed E-state index contributed by atoms with van der Waals surface area (Å²) in [5, 5.41) is 10.7. The van der Waals surface area contributed by atoms with Crippen molar-refractivity contribution in [1.29, 1.82) is 0 Å². The fourth-order valence-electron chi connectivity index (χ4n) is 8.43. The number of halogens is 2. The predicted octanol–water partition coefficient (Wildman–Crippen LogP) is 16.9. The van der Waals surface area contributed by atoms with E-state index in [1.54, 1.807) is 0 Å². The maximum absolute atomic E-state index is 2.99. The predicted molar refractivity (Wildman–Crippen MR) is 272 cm³/mol. The van der Waals surface area contributed by atoms with Gasteiger partial charge in [0, 0.05) is 0 Å². The molecule has 0 spiro atoms. The van der Waals surface area contributed by atoms with Crippen molar-refractivity contribution in [2.75, 3.05) is 0 Å². The van der Waals surface area contributed by atoms with Gasteiger partial charge in [-0.3, -0.25) is 6.08 Å². The summed E-state index contributed by atoms with van der Waals surface area (Å²) in [6.45, 7) is 13.9. The van der Waals surface area contributed by atoms with Crippen molar-refractivity contribution in [3.63, 3.8) is 0 Å². The normalized spacial score (nSPS) is 12.0. The van der Waals surface area contributed by atoms with Crippen LogP contribution in [0.25, 0.3) is 65.3 Å². The number of fused-ring (bicyclic) bond motifs is 5. The summed E-state index contributed by atoms with van der Waals surface area (Å²) < 4.78 is 1.42. The van der Waals surface area contributed by atoms with Gasteiger partial charge in [-0.2, -0.15) is 6.08 Å². The summed E-state index contributed by atoms with van der Waals surface area (Å²) in [7, 11) is 0. The van der Waals surface area contributed by atoms with Gasteiger partial charge < -0.3 is 0 Å². The Morgan fingerprint density at radius 1 is 0.484 bits per heavy atom. The van der Waals surface area contributed by atoms with Crippen molar-refractivity contribution in [3.05, 3.63) is 222 Å². The zero-order chi connectivity index (χ0) is 41.9. The molecule has 0 aromatic heterocycles. The average molecular weight is 925 g/mol. The number of hydrogen-bond donors (Lipinski definition) is 0. The van der Waals surface area contributed by atoms with Crippen molar-refractivity contribution in [3.8, 4) is 22.3 Å². The van der Waals surface area contributed by atoms with Crippen molar-refractivity contribution in [1.82, 2.24) is 0 Å². The Kier molecular flexibility index (Phi) is 15.0. The molecule has 0 saturated carbocycles. The molecule has 3 heteroatoms. The Hall–Kier alpha value is -5.04. The van der Waals surface area contributed by atoms with Crippen LogP contribution in [0.5, 0.6) is 0 Å². The van der Waals surface area contributed by atoms with Crippen molar-refractivity contribution in [2.45, 2.75) is 58.8 Å². The van der Waals surface area contributed by atoms with E-state index in [0.29, 0.717) is 0 Å².